The molecule has 0 aliphatic heterocycles. The zero-order valence-corrected chi connectivity index (χ0v) is 13.4. The van der Waals surface area contributed by atoms with Crippen LogP contribution in [-0.4, -0.2) is 23.5 Å². The van der Waals surface area contributed by atoms with Crippen LogP contribution in [0.4, 0.5) is 0 Å². The van der Waals surface area contributed by atoms with E-state index in [9.17, 15) is 0 Å². The zero-order chi connectivity index (χ0) is 13.8. The molecule has 0 saturated heterocycles. The molecule has 1 fully saturated rings. The van der Waals surface area contributed by atoms with Crippen molar-refractivity contribution < 1.29 is 0 Å². The van der Waals surface area contributed by atoms with Crippen molar-refractivity contribution in [2.75, 3.05) is 6.54 Å². The first kappa shape index (κ1) is 15.0. The molecule has 1 aliphatic rings. The van der Waals surface area contributed by atoms with E-state index in [-0.39, 0.29) is 6.04 Å². The molecule has 1 heterocycles. The molecular weight excluding hydrogens is 252 g/mol. The van der Waals surface area contributed by atoms with Gasteiger partial charge in [0.15, 0.2) is 0 Å². The van der Waals surface area contributed by atoms with Gasteiger partial charge in [-0.2, -0.15) is 0 Å². The lowest BCUT2D eigenvalue weighted by Crippen LogP contribution is -2.45. The lowest BCUT2D eigenvalue weighted by Gasteiger charge is -2.38. The Morgan fingerprint density at radius 1 is 1.37 bits per heavy atom. The highest BCUT2D eigenvalue weighted by Gasteiger charge is 2.32. The van der Waals surface area contributed by atoms with E-state index in [1.54, 1.807) is 0 Å². The van der Waals surface area contributed by atoms with Crippen molar-refractivity contribution in [1.29, 1.82) is 0 Å². The van der Waals surface area contributed by atoms with Crippen LogP contribution in [0, 0.1) is 6.92 Å². The monoisotopic (exact) mass is 280 g/mol. The van der Waals surface area contributed by atoms with Crippen LogP contribution < -0.4 is 5.73 Å². The van der Waals surface area contributed by atoms with E-state index in [2.05, 4.69) is 37.1 Å². The Kier molecular flexibility index (Phi) is 5.43. The summed E-state index contributed by atoms with van der Waals surface area (Å²) in [5.74, 6) is 0. The van der Waals surface area contributed by atoms with Crippen LogP contribution in [0.25, 0.3) is 0 Å². The van der Waals surface area contributed by atoms with Gasteiger partial charge in [0.1, 0.15) is 0 Å². The summed E-state index contributed by atoms with van der Waals surface area (Å²) < 4.78 is 0. The topological polar surface area (TPSA) is 29.3 Å². The molecular formula is C16H28N2S. The van der Waals surface area contributed by atoms with E-state index in [1.165, 1.54) is 36.1 Å². The minimum atomic E-state index is 0.248. The largest absolute Gasteiger partial charge is 0.326 e. The number of hydrogen-bond donors (Lipinski definition) is 1. The van der Waals surface area contributed by atoms with E-state index in [1.807, 2.05) is 11.3 Å². The highest BCUT2D eigenvalue weighted by atomic mass is 32.1. The summed E-state index contributed by atoms with van der Waals surface area (Å²) in [6, 6.07) is 3.64. The number of nitrogens with two attached hydrogens (primary N) is 1. The molecule has 1 aromatic rings. The lowest BCUT2D eigenvalue weighted by molar-refractivity contribution is 0.123. The smallest absolute Gasteiger partial charge is 0.0598 e. The Bertz CT molecular complexity index is 382. The summed E-state index contributed by atoms with van der Waals surface area (Å²) in [7, 11) is 0. The van der Waals surface area contributed by atoms with Crippen molar-refractivity contribution in [2.24, 2.45) is 5.73 Å². The summed E-state index contributed by atoms with van der Waals surface area (Å²) >= 11 is 1.88. The first-order valence-corrected chi connectivity index (χ1v) is 8.62. The zero-order valence-electron chi connectivity index (χ0n) is 12.6. The second-order valence-corrected chi connectivity index (χ2v) is 6.70. The second-order valence-electron chi connectivity index (χ2n) is 5.75. The van der Waals surface area contributed by atoms with Crippen LogP contribution in [0.1, 0.15) is 62.4 Å². The maximum absolute atomic E-state index is 6.49. The maximum atomic E-state index is 6.49. The van der Waals surface area contributed by atoms with Gasteiger partial charge in [-0.25, -0.2) is 0 Å². The van der Waals surface area contributed by atoms with E-state index in [0.717, 1.165) is 19.0 Å². The summed E-state index contributed by atoms with van der Waals surface area (Å²) in [5, 5.41) is 2.21. The molecule has 2 N–H and O–H groups in total. The van der Waals surface area contributed by atoms with Gasteiger partial charge in [0.25, 0.3) is 0 Å². The SMILES string of the molecule is CCC(N)C(c1sccc1C)N(CC)C1CCCC1. The normalized spacial score (nSPS) is 20.1. The molecule has 0 aromatic carbocycles. The fourth-order valence-corrected chi connectivity index (χ4v) is 4.54. The lowest BCUT2D eigenvalue weighted by atomic mass is 9.98. The minimum Gasteiger partial charge on any atom is -0.326 e. The molecule has 1 aromatic heterocycles. The molecule has 1 aliphatic carbocycles. The number of likely N-dealkylation sites (N-methyl/N-ethyl adjacent to an activating group) is 1. The Morgan fingerprint density at radius 2 is 2.05 bits per heavy atom. The van der Waals surface area contributed by atoms with Gasteiger partial charge in [-0.1, -0.05) is 26.7 Å². The third-order valence-electron chi connectivity index (χ3n) is 4.56. The summed E-state index contributed by atoms with van der Waals surface area (Å²) in [4.78, 5) is 4.17. The van der Waals surface area contributed by atoms with Crippen molar-refractivity contribution in [2.45, 2.75) is 71.0 Å². The van der Waals surface area contributed by atoms with Crippen LogP contribution in [0.2, 0.25) is 0 Å². The van der Waals surface area contributed by atoms with Crippen LogP contribution in [0.5, 0.6) is 0 Å². The van der Waals surface area contributed by atoms with Gasteiger partial charge in [0.05, 0.1) is 6.04 Å². The van der Waals surface area contributed by atoms with Gasteiger partial charge >= 0.3 is 0 Å². The van der Waals surface area contributed by atoms with Gasteiger partial charge in [0, 0.05) is 17.0 Å². The number of aryl methyl sites for hydroxylation is 1. The molecule has 2 rings (SSSR count). The molecule has 2 atom stereocenters. The van der Waals surface area contributed by atoms with Crippen molar-refractivity contribution >= 4 is 11.3 Å². The molecule has 1 saturated carbocycles. The average molecular weight is 280 g/mol. The number of thiophene rings is 1. The predicted octanol–water partition coefficient (Wildman–Crippen LogP) is 4.10. The summed E-state index contributed by atoms with van der Waals surface area (Å²) in [5.41, 5.74) is 7.90. The van der Waals surface area contributed by atoms with Crippen molar-refractivity contribution in [3.05, 3.63) is 21.9 Å². The van der Waals surface area contributed by atoms with Gasteiger partial charge in [-0.15, -0.1) is 11.3 Å². The number of hydrogen-bond acceptors (Lipinski definition) is 3. The Labute approximate surface area is 122 Å². The molecule has 108 valence electrons. The van der Waals surface area contributed by atoms with E-state index in [0.29, 0.717) is 6.04 Å². The van der Waals surface area contributed by atoms with E-state index in [4.69, 9.17) is 5.73 Å². The Hall–Kier alpha value is -0.380. The molecule has 19 heavy (non-hydrogen) atoms. The quantitative estimate of drug-likeness (QED) is 0.850. The van der Waals surface area contributed by atoms with E-state index < -0.39 is 0 Å². The van der Waals surface area contributed by atoms with Crippen molar-refractivity contribution in [3.63, 3.8) is 0 Å². The van der Waals surface area contributed by atoms with Crippen LogP contribution in [0.3, 0.4) is 0 Å². The number of rotatable bonds is 6. The standard InChI is InChI=1S/C16H28N2S/c1-4-14(17)15(16-12(3)10-11-19-16)18(5-2)13-8-6-7-9-13/h10-11,13-15H,4-9,17H2,1-3H3. The fraction of sp³-hybridized carbons (Fsp3) is 0.750. The van der Waals surface area contributed by atoms with E-state index >= 15 is 0 Å². The third-order valence-corrected chi connectivity index (χ3v) is 5.65. The van der Waals surface area contributed by atoms with Gasteiger partial charge in [0.2, 0.25) is 0 Å². The summed E-state index contributed by atoms with van der Waals surface area (Å²) in [6.45, 7) is 7.84. The molecule has 0 radical (unpaired) electrons. The first-order chi connectivity index (χ1) is 9.19. The van der Waals surface area contributed by atoms with Crippen molar-refractivity contribution in [3.8, 4) is 0 Å². The second kappa shape index (κ2) is 6.87. The molecule has 3 heteroatoms. The fourth-order valence-electron chi connectivity index (χ4n) is 3.42. The molecule has 0 bridgehead atoms. The Morgan fingerprint density at radius 3 is 2.53 bits per heavy atom. The summed E-state index contributed by atoms with van der Waals surface area (Å²) in [6.07, 6.45) is 6.53. The molecule has 2 nitrogen and oxygen atoms in total. The first-order valence-electron chi connectivity index (χ1n) is 7.74. The third kappa shape index (κ3) is 3.21. The van der Waals surface area contributed by atoms with Crippen LogP contribution in [0.15, 0.2) is 11.4 Å². The molecule has 0 spiro atoms. The maximum Gasteiger partial charge on any atom is 0.0598 e. The van der Waals surface area contributed by atoms with Gasteiger partial charge in [-0.05, 0) is 49.7 Å². The molecule has 0 amide bonds. The van der Waals surface area contributed by atoms with Crippen LogP contribution >= 0.6 is 11.3 Å². The Balaban J connectivity index is 2.27. The van der Waals surface area contributed by atoms with Gasteiger partial charge in [-0.3, -0.25) is 4.90 Å². The predicted molar refractivity (Wildman–Crippen MR) is 84.7 cm³/mol. The highest BCUT2D eigenvalue weighted by molar-refractivity contribution is 7.10. The minimum absolute atomic E-state index is 0.248. The van der Waals surface area contributed by atoms with Crippen molar-refractivity contribution in [1.82, 2.24) is 4.90 Å². The average Bonchev–Trinajstić information content (AvgIpc) is 3.06. The highest BCUT2D eigenvalue weighted by Crippen LogP contribution is 2.36. The number of nitrogens with zero attached hydrogens (tertiary/aromatic N) is 1. The van der Waals surface area contributed by atoms with Gasteiger partial charge < -0.3 is 5.73 Å². The van der Waals surface area contributed by atoms with Crippen LogP contribution in [-0.2, 0) is 0 Å². The molecule has 2 unspecified atom stereocenters.